The highest BCUT2D eigenvalue weighted by molar-refractivity contribution is 7.92. The molecule has 3 aromatic carbocycles. The first-order valence-electron chi connectivity index (χ1n) is 14.2. The molecule has 0 spiro atoms. The third kappa shape index (κ3) is 5.13. The number of sulfonamides is 1. The standard InChI is InChI=1S/C32H32FN5O5S/c1-34-32(40)28-21-16-20(22-9-7-10-24(35-22)29(39)31-36-23-8-5-6-11-25(23)37(31)2)26(38(3)44(4,41)42)17-27(21)43-30(28)18-12-14-19(33)15-13-18/h5-6,8,11-17,22,24,35H,7,9-10H2,1-4H3,(H,34,40)/t22-,24?/m0/s1. The number of nitrogens with one attached hydrogen (secondary N) is 2. The van der Waals surface area contributed by atoms with E-state index in [2.05, 4.69) is 15.6 Å². The largest absolute Gasteiger partial charge is 0.455 e. The number of halogens is 1. The number of aryl methyl sites for hydroxylation is 1. The van der Waals surface area contributed by atoms with Gasteiger partial charge in [0.1, 0.15) is 17.2 Å². The second-order valence-electron chi connectivity index (χ2n) is 11.1. The van der Waals surface area contributed by atoms with Crippen molar-refractivity contribution in [1.82, 2.24) is 20.2 Å². The molecule has 0 radical (unpaired) electrons. The van der Waals surface area contributed by atoms with Gasteiger partial charge in [0.2, 0.25) is 15.8 Å². The topological polar surface area (TPSA) is 127 Å². The Hall–Kier alpha value is -4.55. The molecule has 6 rings (SSSR count). The maximum atomic E-state index is 13.8. The SMILES string of the molecule is CNC(=O)c1c(-c2ccc(F)cc2)oc2cc(N(C)S(C)(=O)=O)c([C@@H]3CCCC(C(=O)c4nc5ccccc5n4C)N3)cc12. The van der Waals surface area contributed by atoms with Gasteiger partial charge >= 0.3 is 0 Å². The average Bonchev–Trinajstić information content (AvgIpc) is 3.56. The molecular weight excluding hydrogens is 585 g/mol. The average molecular weight is 618 g/mol. The van der Waals surface area contributed by atoms with Crippen molar-refractivity contribution in [2.24, 2.45) is 7.05 Å². The van der Waals surface area contributed by atoms with Gasteiger partial charge in [0.15, 0.2) is 5.82 Å². The lowest BCUT2D eigenvalue weighted by atomic mass is 9.89. The van der Waals surface area contributed by atoms with Gasteiger partial charge in [0.05, 0.1) is 34.6 Å². The van der Waals surface area contributed by atoms with E-state index in [1.165, 1.54) is 42.7 Å². The number of furan rings is 1. The van der Waals surface area contributed by atoms with E-state index in [4.69, 9.17) is 4.42 Å². The summed E-state index contributed by atoms with van der Waals surface area (Å²) in [6, 6.07) is 15.5. The molecule has 1 saturated heterocycles. The van der Waals surface area contributed by atoms with Crippen molar-refractivity contribution in [2.45, 2.75) is 31.3 Å². The second-order valence-corrected chi connectivity index (χ2v) is 13.1. The van der Waals surface area contributed by atoms with Crippen LogP contribution in [0.3, 0.4) is 0 Å². The number of aromatic nitrogens is 2. The van der Waals surface area contributed by atoms with Gasteiger partial charge in [-0.25, -0.2) is 17.8 Å². The summed E-state index contributed by atoms with van der Waals surface area (Å²) in [6.07, 6.45) is 3.02. The number of amides is 1. The Labute approximate surface area is 253 Å². The van der Waals surface area contributed by atoms with E-state index in [9.17, 15) is 22.4 Å². The summed E-state index contributed by atoms with van der Waals surface area (Å²) in [4.78, 5) is 31.6. The van der Waals surface area contributed by atoms with E-state index in [0.717, 1.165) is 17.3 Å². The van der Waals surface area contributed by atoms with Gasteiger partial charge in [-0.15, -0.1) is 0 Å². The normalized spacial score (nSPS) is 17.2. The van der Waals surface area contributed by atoms with Gasteiger partial charge in [-0.3, -0.25) is 13.9 Å². The van der Waals surface area contributed by atoms with E-state index in [1.54, 1.807) is 16.7 Å². The number of anilines is 1. The van der Waals surface area contributed by atoms with Crippen LogP contribution in [-0.4, -0.2) is 56.1 Å². The maximum absolute atomic E-state index is 13.8. The number of para-hydroxylation sites is 2. The maximum Gasteiger partial charge on any atom is 0.255 e. The van der Waals surface area contributed by atoms with Gasteiger partial charge < -0.3 is 19.6 Å². The van der Waals surface area contributed by atoms with Crippen LogP contribution in [0.15, 0.2) is 65.1 Å². The summed E-state index contributed by atoms with van der Waals surface area (Å²) in [5, 5.41) is 6.58. The van der Waals surface area contributed by atoms with Crippen LogP contribution in [0, 0.1) is 5.82 Å². The molecule has 1 aliphatic heterocycles. The number of benzene rings is 3. The zero-order chi connectivity index (χ0) is 31.3. The number of imidazole rings is 1. The Morgan fingerprint density at radius 3 is 2.52 bits per heavy atom. The molecule has 44 heavy (non-hydrogen) atoms. The molecule has 1 fully saturated rings. The molecule has 2 aromatic heterocycles. The van der Waals surface area contributed by atoms with Crippen molar-refractivity contribution >= 4 is 49.4 Å². The van der Waals surface area contributed by atoms with Gasteiger partial charge in [0, 0.05) is 44.2 Å². The number of ketones is 1. The number of carbonyl (C=O) groups excluding carboxylic acids is 2. The molecule has 5 aromatic rings. The number of hydrogen-bond acceptors (Lipinski definition) is 7. The number of carbonyl (C=O) groups is 2. The van der Waals surface area contributed by atoms with Crippen LogP contribution in [0.5, 0.6) is 0 Å². The second kappa shape index (κ2) is 11.2. The van der Waals surface area contributed by atoms with Crippen molar-refractivity contribution in [3.8, 4) is 11.3 Å². The van der Waals surface area contributed by atoms with Crippen LogP contribution in [0.4, 0.5) is 10.1 Å². The first-order valence-corrected chi connectivity index (χ1v) is 16.1. The van der Waals surface area contributed by atoms with Crippen molar-refractivity contribution < 1.29 is 26.8 Å². The minimum Gasteiger partial charge on any atom is -0.455 e. The number of piperidine rings is 1. The number of hydrogen-bond donors (Lipinski definition) is 2. The summed E-state index contributed by atoms with van der Waals surface area (Å²) >= 11 is 0. The zero-order valence-electron chi connectivity index (χ0n) is 24.7. The fraction of sp³-hybridized carbons (Fsp3) is 0.281. The highest BCUT2D eigenvalue weighted by Crippen LogP contribution is 2.41. The molecule has 228 valence electrons. The molecule has 0 bridgehead atoms. The fourth-order valence-electron chi connectivity index (χ4n) is 5.94. The lowest BCUT2D eigenvalue weighted by molar-refractivity contribution is 0.0898. The molecule has 1 amide bonds. The van der Waals surface area contributed by atoms with Crippen LogP contribution in [-0.2, 0) is 17.1 Å². The number of nitrogens with zero attached hydrogens (tertiary/aromatic N) is 3. The minimum atomic E-state index is -3.70. The monoisotopic (exact) mass is 617 g/mol. The minimum absolute atomic E-state index is 0.152. The molecule has 10 nitrogen and oxygen atoms in total. The quantitative estimate of drug-likeness (QED) is 0.248. The van der Waals surface area contributed by atoms with E-state index in [1.807, 2.05) is 31.3 Å². The molecule has 0 saturated carbocycles. The highest BCUT2D eigenvalue weighted by Gasteiger charge is 2.34. The van der Waals surface area contributed by atoms with Crippen LogP contribution in [0.1, 0.15) is 51.8 Å². The first-order chi connectivity index (χ1) is 21.0. The Balaban J connectivity index is 1.47. The highest BCUT2D eigenvalue weighted by atomic mass is 32.2. The van der Waals surface area contributed by atoms with Crippen LogP contribution < -0.4 is 14.9 Å². The smallest absolute Gasteiger partial charge is 0.255 e. The molecule has 0 aliphatic carbocycles. The Bertz CT molecular complexity index is 2030. The lowest BCUT2D eigenvalue weighted by Crippen LogP contribution is -2.43. The third-order valence-corrected chi connectivity index (χ3v) is 9.51. The molecule has 3 heterocycles. The first kappa shape index (κ1) is 29.5. The van der Waals surface area contributed by atoms with Gasteiger partial charge in [-0.1, -0.05) is 12.1 Å². The van der Waals surface area contributed by atoms with Crippen LogP contribution in [0.2, 0.25) is 0 Å². The van der Waals surface area contributed by atoms with Crippen molar-refractivity contribution in [3.63, 3.8) is 0 Å². The van der Waals surface area contributed by atoms with Crippen molar-refractivity contribution in [2.75, 3.05) is 24.7 Å². The zero-order valence-corrected chi connectivity index (χ0v) is 25.5. The van der Waals surface area contributed by atoms with E-state index in [-0.39, 0.29) is 17.1 Å². The summed E-state index contributed by atoms with van der Waals surface area (Å²) < 4.78 is 48.4. The lowest BCUT2D eigenvalue weighted by Gasteiger charge is -2.33. The summed E-state index contributed by atoms with van der Waals surface area (Å²) in [5.41, 5.74) is 3.56. The predicted octanol–water partition coefficient (Wildman–Crippen LogP) is 4.95. The fourth-order valence-corrected chi connectivity index (χ4v) is 6.46. The summed E-state index contributed by atoms with van der Waals surface area (Å²) in [5.74, 6) is -0.424. The van der Waals surface area contributed by atoms with Crippen LogP contribution in [0.25, 0.3) is 33.3 Å². The van der Waals surface area contributed by atoms with Gasteiger partial charge in [-0.2, -0.15) is 0 Å². The van der Waals surface area contributed by atoms with Crippen molar-refractivity contribution in [3.05, 3.63) is 83.4 Å². The number of rotatable bonds is 7. The number of Topliss-reactive ketones (excluding diaryl/α,β-unsaturated/α-hetero) is 1. The van der Waals surface area contributed by atoms with Crippen molar-refractivity contribution in [1.29, 1.82) is 0 Å². The summed E-state index contributed by atoms with van der Waals surface area (Å²) in [6.45, 7) is 0. The van der Waals surface area contributed by atoms with E-state index >= 15 is 0 Å². The molecule has 12 heteroatoms. The van der Waals surface area contributed by atoms with Crippen LogP contribution >= 0.6 is 0 Å². The van der Waals surface area contributed by atoms with Gasteiger partial charge in [-0.05, 0) is 67.3 Å². The third-order valence-electron chi connectivity index (χ3n) is 8.32. The summed E-state index contributed by atoms with van der Waals surface area (Å²) in [7, 11) is 1.07. The Morgan fingerprint density at radius 1 is 1.11 bits per heavy atom. The predicted molar refractivity (Wildman–Crippen MR) is 167 cm³/mol. The Morgan fingerprint density at radius 2 is 1.84 bits per heavy atom. The molecule has 1 unspecified atom stereocenters. The van der Waals surface area contributed by atoms with Gasteiger partial charge in [0.25, 0.3) is 5.91 Å². The molecular formula is C32H32FN5O5S. The Kier molecular flexibility index (Phi) is 7.50. The molecule has 2 N–H and O–H groups in total. The molecule has 1 aliphatic rings. The molecule has 2 atom stereocenters. The van der Waals surface area contributed by atoms with E-state index < -0.39 is 33.8 Å². The number of fused-ring (bicyclic) bond motifs is 2. The van der Waals surface area contributed by atoms with E-state index in [0.29, 0.717) is 52.9 Å².